The smallest absolute Gasteiger partial charge is 0.237 e. The molecule has 3 nitrogen and oxygen atoms in total. The molecule has 16 heavy (non-hydrogen) atoms. The van der Waals surface area contributed by atoms with Crippen LogP contribution in [0.5, 0.6) is 0 Å². The van der Waals surface area contributed by atoms with E-state index in [4.69, 9.17) is 0 Å². The van der Waals surface area contributed by atoms with Crippen molar-refractivity contribution in [1.82, 2.24) is 10.6 Å². The lowest BCUT2D eigenvalue weighted by Crippen LogP contribution is -2.39. The molecule has 0 aliphatic carbocycles. The average Bonchev–Trinajstić information content (AvgIpc) is 2.84. The molecule has 0 saturated carbocycles. The number of rotatable bonds is 3. The molecule has 1 unspecified atom stereocenters. The van der Waals surface area contributed by atoms with Gasteiger partial charge in [0.25, 0.3) is 0 Å². The van der Waals surface area contributed by atoms with Gasteiger partial charge in [0.1, 0.15) is 0 Å². The molecule has 1 aromatic rings. The Hall–Kier alpha value is -0.100. The molecule has 6 heteroatoms. The molecular formula is C10H14BrClN2OS. The molecule has 0 bridgehead atoms. The van der Waals surface area contributed by atoms with Crippen molar-refractivity contribution >= 4 is 45.6 Å². The first kappa shape index (κ1) is 14.0. The van der Waals surface area contributed by atoms with Crippen LogP contribution < -0.4 is 10.6 Å². The summed E-state index contributed by atoms with van der Waals surface area (Å²) in [6, 6.07) is 4.05. The van der Waals surface area contributed by atoms with Crippen LogP contribution in [-0.2, 0) is 11.3 Å². The highest BCUT2D eigenvalue weighted by molar-refractivity contribution is 9.11. The lowest BCUT2D eigenvalue weighted by atomic mass is 10.2. The largest absolute Gasteiger partial charge is 0.350 e. The quantitative estimate of drug-likeness (QED) is 0.895. The van der Waals surface area contributed by atoms with Gasteiger partial charge in [-0.2, -0.15) is 0 Å². The molecule has 90 valence electrons. The number of amides is 1. The Balaban J connectivity index is 0.00000128. The van der Waals surface area contributed by atoms with Crippen LogP contribution in [0, 0.1) is 0 Å². The van der Waals surface area contributed by atoms with Gasteiger partial charge in [-0.25, -0.2) is 0 Å². The minimum absolute atomic E-state index is 0. The Bertz CT molecular complexity index is 352. The highest BCUT2D eigenvalue weighted by atomic mass is 79.9. The predicted molar refractivity (Wildman–Crippen MR) is 72.1 cm³/mol. The summed E-state index contributed by atoms with van der Waals surface area (Å²) in [4.78, 5) is 12.8. The third-order valence-electron chi connectivity index (χ3n) is 2.44. The fraction of sp³-hybridized carbons (Fsp3) is 0.500. The molecule has 2 rings (SSSR count). The summed E-state index contributed by atoms with van der Waals surface area (Å²) in [5.41, 5.74) is 0. The van der Waals surface area contributed by atoms with E-state index in [2.05, 4.69) is 26.6 Å². The fourth-order valence-corrected chi connectivity index (χ4v) is 3.08. The Morgan fingerprint density at radius 1 is 1.62 bits per heavy atom. The van der Waals surface area contributed by atoms with E-state index in [1.54, 1.807) is 11.3 Å². The highest BCUT2D eigenvalue weighted by Crippen LogP contribution is 2.21. The first-order valence-corrected chi connectivity index (χ1v) is 6.62. The fourth-order valence-electron chi connectivity index (χ4n) is 1.65. The SMILES string of the molecule is Cl.O=C(NCc1ccc(Br)s1)C1CCCN1. The highest BCUT2D eigenvalue weighted by Gasteiger charge is 2.21. The van der Waals surface area contributed by atoms with Crippen LogP contribution in [0.2, 0.25) is 0 Å². The van der Waals surface area contributed by atoms with Crippen molar-refractivity contribution < 1.29 is 4.79 Å². The van der Waals surface area contributed by atoms with Gasteiger partial charge in [0.2, 0.25) is 5.91 Å². The van der Waals surface area contributed by atoms with Crippen molar-refractivity contribution in [2.24, 2.45) is 0 Å². The number of carbonyl (C=O) groups is 1. The van der Waals surface area contributed by atoms with E-state index >= 15 is 0 Å². The molecule has 1 fully saturated rings. The summed E-state index contributed by atoms with van der Waals surface area (Å²) in [6.07, 6.45) is 2.06. The number of carbonyl (C=O) groups excluding carboxylic acids is 1. The molecule has 2 N–H and O–H groups in total. The van der Waals surface area contributed by atoms with Crippen LogP contribution in [0.4, 0.5) is 0 Å². The van der Waals surface area contributed by atoms with E-state index in [0.29, 0.717) is 6.54 Å². The Morgan fingerprint density at radius 2 is 2.44 bits per heavy atom. The van der Waals surface area contributed by atoms with Gasteiger partial charge in [-0.1, -0.05) is 0 Å². The van der Waals surface area contributed by atoms with Gasteiger partial charge in [-0.3, -0.25) is 4.79 Å². The summed E-state index contributed by atoms with van der Waals surface area (Å²) >= 11 is 5.05. The van der Waals surface area contributed by atoms with Crippen LogP contribution in [0.1, 0.15) is 17.7 Å². The molecule has 1 aliphatic heterocycles. The van der Waals surface area contributed by atoms with Gasteiger partial charge in [0, 0.05) is 4.88 Å². The maximum absolute atomic E-state index is 11.6. The van der Waals surface area contributed by atoms with E-state index in [0.717, 1.165) is 23.2 Å². The third kappa shape index (κ3) is 3.73. The van der Waals surface area contributed by atoms with E-state index in [1.165, 1.54) is 4.88 Å². The molecule has 0 radical (unpaired) electrons. The van der Waals surface area contributed by atoms with Crippen molar-refractivity contribution in [3.8, 4) is 0 Å². The summed E-state index contributed by atoms with van der Waals surface area (Å²) in [7, 11) is 0. The lowest BCUT2D eigenvalue weighted by Gasteiger charge is -2.09. The van der Waals surface area contributed by atoms with Crippen LogP contribution in [0.3, 0.4) is 0 Å². The maximum atomic E-state index is 11.6. The number of thiophene rings is 1. The number of halogens is 2. The van der Waals surface area contributed by atoms with E-state index in [9.17, 15) is 4.79 Å². The summed E-state index contributed by atoms with van der Waals surface area (Å²) < 4.78 is 1.10. The minimum Gasteiger partial charge on any atom is -0.350 e. The minimum atomic E-state index is 0. The monoisotopic (exact) mass is 324 g/mol. The Kier molecular flexibility index (Phi) is 5.75. The van der Waals surface area contributed by atoms with Crippen LogP contribution in [-0.4, -0.2) is 18.5 Å². The topological polar surface area (TPSA) is 41.1 Å². The van der Waals surface area contributed by atoms with Crippen molar-refractivity contribution in [2.45, 2.75) is 25.4 Å². The molecule has 2 heterocycles. The molecule has 0 spiro atoms. The van der Waals surface area contributed by atoms with Gasteiger partial charge in [0.15, 0.2) is 0 Å². The first-order valence-electron chi connectivity index (χ1n) is 5.01. The van der Waals surface area contributed by atoms with Crippen molar-refractivity contribution in [1.29, 1.82) is 0 Å². The van der Waals surface area contributed by atoms with Crippen LogP contribution in [0.15, 0.2) is 15.9 Å². The van der Waals surface area contributed by atoms with Gasteiger partial charge < -0.3 is 10.6 Å². The van der Waals surface area contributed by atoms with Gasteiger partial charge in [-0.05, 0) is 47.4 Å². The zero-order valence-corrected chi connectivity index (χ0v) is 11.9. The van der Waals surface area contributed by atoms with Crippen molar-refractivity contribution in [2.75, 3.05) is 6.54 Å². The zero-order valence-electron chi connectivity index (χ0n) is 8.66. The third-order valence-corrected chi connectivity index (χ3v) is 4.07. The zero-order chi connectivity index (χ0) is 10.7. The molecule has 1 saturated heterocycles. The van der Waals surface area contributed by atoms with E-state index in [1.807, 2.05) is 12.1 Å². The standard InChI is InChI=1S/C10H13BrN2OS.ClH/c11-9-4-3-7(15-9)6-13-10(14)8-2-1-5-12-8;/h3-4,8,12H,1-2,5-6H2,(H,13,14);1H. The van der Waals surface area contributed by atoms with Gasteiger partial charge in [0.05, 0.1) is 16.4 Å². The summed E-state index contributed by atoms with van der Waals surface area (Å²) in [5, 5.41) is 6.12. The maximum Gasteiger partial charge on any atom is 0.237 e. The Labute approximate surface area is 114 Å². The molecule has 1 atom stereocenters. The van der Waals surface area contributed by atoms with Crippen LogP contribution in [0.25, 0.3) is 0 Å². The van der Waals surface area contributed by atoms with Crippen molar-refractivity contribution in [3.05, 3.63) is 20.8 Å². The van der Waals surface area contributed by atoms with Crippen molar-refractivity contribution in [3.63, 3.8) is 0 Å². The second kappa shape index (κ2) is 6.59. The Morgan fingerprint density at radius 3 is 3.00 bits per heavy atom. The predicted octanol–water partition coefficient (Wildman–Crippen LogP) is 2.30. The van der Waals surface area contributed by atoms with Gasteiger partial charge >= 0.3 is 0 Å². The van der Waals surface area contributed by atoms with Crippen LogP contribution >= 0.6 is 39.7 Å². The normalized spacial score (nSPS) is 19.2. The van der Waals surface area contributed by atoms with E-state index < -0.39 is 0 Å². The molecular weight excluding hydrogens is 312 g/mol. The first-order chi connectivity index (χ1) is 7.25. The average molecular weight is 326 g/mol. The van der Waals surface area contributed by atoms with Gasteiger partial charge in [-0.15, -0.1) is 23.7 Å². The second-order valence-corrected chi connectivity index (χ2v) is 6.12. The molecule has 1 aromatic heterocycles. The lowest BCUT2D eigenvalue weighted by molar-refractivity contribution is -0.122. The molecule has 1 aliphatic rings. The summed E-state index contributed by atoms with van der Waals surface area (Å²) in [6.45, 7) is 1.59. The van der Waals surface area contributed by atoms with E-state index in [-0.39, 0.29) is 24.4 Å². The molecule has 1 amide bonds. The summed E-state index contributed by atoms with van der Waals surface area (Å²) in [5.74, 6) is 0.122. The number of nitrogens with one attached hydrogen (secondary N) is 2. The number of hydrogen-bond donors (Lipinski definition) is 2. The second-order valence-electron chi connectivity index (χ2n) is 3.57. The molecule has 0 aromatic carbocycles. The number of hydrogen-bond acceptors (Lipinski definition) is 3.